The molecule has 1 aliphatic carbocycles. The van der Waals surface area contributed by atoms with E-state index >= 15 is 0 Å². The average molecular weight is 270 g/mol. The van der Waals surface area contributed by atoms with Crippen molar-refractivity contribution in [2.45, 2.75) is 29.7 Å². The van der Waals surface area contributed by atoms with Crippen LogP contribution in [0, 0.1) is 5.92 Å². The maximum atomic E-state index is 6.02. The Morgan fingerprint density at radius 2 is 2.00 bits per heavy atom. The molecule has 1 fully saturated rings. The van der Waals surface area contributed by atoms with Crippen molar-refractivity contribution in [3.63, 3.8) is 0 Å². The van der Waals surface area contributed by atoms with E-state index in [9.17, 15) is 0 Å². The molecule has 0 bridgehead atoms. The van der Waals surface area contributed by atoms with Gasteiger partial charge in [0.2, 0.25) is 0 Å². The molecule has 1 saturated carbocycles. The topological polar surface area (TPSA) is 21.6 Å². The zero-order valence-electron chi connectivity index (χ0n) is 9.27. The van der Waals surface area contributed by atoms with E-state index in [1.807, 2.05) is 0 Å². The standard InChI is InChI=1S/C13H13Cl2NO/c14-13(15)8-11(13)7-9-1-3-10(4-2-9)12-5-6-16-17-12/h1-4,6,11-12H,5,7-8H2. The fraction of sp³-hybridized carbons (Fsp3) is 0.462. The van der Waals surface area contributed by atoms with E-state index < -0.39 is 4.33 Å². The Kier molecular flexibility index (Phi) is 2.80. The van der Waals surface area contributed by atoms with Crippen LogP contribution in [0.15, 0.2) is 29.4 Å². The van der Waals surface area contributed by atoms with Gasteiger partial charge in [0.15, 0.2) is 6.10 Å². The second-order valence-corrected chi connectivity index (χ2v) is 6.27. The van der Waals surface area contributed by atoms with Gasteiger partial charge in [0, 0.05) is 12.6 Å². The van der Waals surface area contributed by atoms with Gasteiger partial charge in [-0.05, 0) is 29.9 Å². The molecule has 90 valence electrons. The first kappa shape index (κ1) is 11.4. The van der Waals surface area contributed by atoms with Crippen molar-refractivity contribution in [2.75, 3.05) is 0 Å². The number of rotatable bonds is 3. The minimum atomic E-state index is -0.485. The summed E-state index contributed by atoms with van der Waals surface area (Å²) in [6.45, 7) is 0. The number of halogens is 2. The van der Waals surface area contributed by atoms with Crippen molar-refractivity contribution in [1.29, 1.82) is 0 Å². The highest BCUT2D eigenvalue weighted by Gasteiger charge is 2.51. The maximum absolute atomic E-state index is 6.02. The lowest BCUT2D eigenvalue weighted by Crippen LogP contribution is -1.98. The summed E-state index contributed by atoms with van der Waals surface area (Å²) in [5.74, 6) is 0.405. The van der Waals surface area contributed by atoms with Crippen LogP contribution < -0.4 is 0 Å². The molecular weight excluding hydrogens is 257 g/mol. The Bertz CT molecular complexity index is 433. The zero-order chi connectivity index (χ0) is 11.9. The molecule has 2 atom stereocenters. The molecule has 1 aliphatic heterocycles. The van der Waals surface area contributed by atoms with Crippen LogP contribution >= 0.6 is 23.2 Å². The summed E-state index contributed by atoms with van der Waals surface area (Å²) in [4.78, 5) is 5.23. The van der Waals surface area contributed by atoms with Gasteiger partial charge in [0.1, 0.15) is 4.33 Å². The van der Waals surface area contributed by atoms with Gasteiger partial charge in [-0.2, -0.15) is 0 Å². The predicted molar refractivity (Wildman–Crippen MR) is 69.6 cm³/mol. The Morgan fingerprint density at radius 1 is 1.29 bits per heavy atom. The molecule has 3 rings (SSSR count). The largest absolute Gasteiger partial charge is 0.388 e. The molecule has 1 aromatic rings. The molecule has 1 aromatic carbocycles. The number of hydrogen-bond donors (Lipinski definition) is 0. The fourth-order valence-corrected chi connectivity index (χ4v) is 2.67. The van der Waals surface area contributed by atoms with E-state index in [0.717, 1.165) is 19.3 Å². The number of hydrogen-bond acceptors (Lipinski definition) is 2. The lowest BCUT2D eigenvalue weighted by atomic mass is 10.0. The summed E-state index contributed by atoms with van der Waals surface area (Å²) in [5.41, 5.74) is 2.45. The molecule has 2 unspecified atom stereocenters. The first-order chi connectivity index (χ1) is 8.15. The van der Waals surface area contributed by atoms with Crippen LogP contribution in [0.2, 0.25) is 0 Å². The highest BCUT2D eigenvalue weighted by molar-refractivity contribution is 6.50. The minimum absolute atomic E-state index is 0.0881. The smallest absolute Gasteiger partial charge is 0.157 e. The van der Waals surface area contributed by atoms with Crippen molar-refractivity contribution < 1.29 is 4.84 Å². The van der Waals surface area contributed by atoms with Crippen molar-refractivity contribution in [1.82, 2.24) is 0 Å². The van der Waals surface area contributed by atoms with Crippen molar-refractivity contribution in [3.05, 3.63) is 35.4 Å². The predicted octanol–water partition coefficient (Wildman–Crippen LogP) is 3.87. The molecule has 4 heteroatoms. The van der Waals surface area contributed by atoms with Crippen LogP contribution in [-0.2, 0) is 11.3 Å². The molecule has 0 saturated heterocycles. The average Bonchev–Trinajstić information content (AvgIpc) is 2.75. The second kappa shape index (κ2) is 4.18. The molecule has 0 amide bonds. The van der Waals surface area contributed by atoms with Crippen LogP contribution in [0.5, 0.6) is 0 Å². The van der Waals surface area contributed by atoms with Crippen LogP contribution in [-0.4, -0.2) is 10.5 Å². The summed E-state index contributed by atoms with van der Waals surface area (Å²) in [6.07, 6.45) is 4.60. The summed E-state index contributed by atoms with van der Waals surface area (Å²) >= 11 is 12.0. The van der Waals surface area contributed by atoms with E-state index in [1.165, 1.54) is 11.1 Å². The first-order valence-electron chi connectivity index (χ1n) is 5.79. The third kappa shape index (κ3) is 2.43. The Balaban J connectivity index is 1.64. The van der Waals surface area contributed by atoms with Gasteiger partial charge in [0.25, 0.3) is 0 Å². The SMILES string of the molecule is ClC1(Cl)CC1Cc1ccc(C2CC=NO2)cc1. The molecular formula is C13H13Cl2NO. The zero-order valence-corrected chi connectivity index (χ0v) is 10.8. The maximum Gasteiger partial charge on any atom is 0.157 e. The van der Waals surface area contributed by atoms with E-state index in [0.29, 0.717) is 5.92 Å². The van der Waals surface area contributed by atoms with Crippen LogP contribution in [0.4, 0.5) is 0 Å². The van der Waals surface area contributed by atoms with Gasteiger partial charge in [-0.1, -0.05) is 29.4 Å². The highest BCUT2D eigenvalue weighted by atomic mass is 35.5. The number of oxime groups is 1. The van der Waals surface area contributed by atoms with Crippen molar-refractivity contribution >= 4 is 29.4 Å². The highest BCUT2D eigenvalue weighted by Crippen LogP contribution is 2.54. The first-order valence-corrected chi connectivity index (χ1v) is 6.55. The third-order valence-electron chi connectivity index (χ3n) is 3.37. The van der Waals surface area contributed by atoms with E-state index in [1.54, 1.807) is 6.21 Å². The Hall–Kier alpha value is -0.730. The summed E-state index contributed by atoms with van der Waals surface area (Å²) in [7, 11) is 0. The van der Waals surface area contributed by atoms with Crippen molar-refractivity contribution in [2.24, 2.45) is 11.1 Å². The molecule has 2 nitrogen and oxygen atoms in total. The summed E-state index contributed by atoms with van der Waals surface area (Å²) in [6, 6.07) is 8.45. The number of nitrogens with zero attached hydrogens (tertiary/aromatic N) is 1. The molecule has 0 N–H and O–H groups in total. The van der Waals surface area contributed by atoms with E-state index in [2.05, 4.69) is 29.4 Å². The normalized spacial score (nSPS) is 29.1. The van der Waals surface area contributed by atoms with E-state index in [-0.39, 0.29) is 6.10 Å². The Morgan fingerprint density at radius 3 is 2.53 bits per heavy atom. The molecule has 2 aliphatic rings. The van der Waals surface area contributed by atoms with Crippen molar-refractivity contribution in [3.8, 4) is 0 Å². The molecule has 0 aromatic heterocycles. The number of benzene rings is 1. The number of alkyl halides is 2. The molecule has 0 spiro atoms. The lowest BCUT2D eigenvalue weighted by molar-refractivity contribution is 0.0858. The molecule has 0 radical (unpaired) electrons. The van der Waals surface area contributed by atoms with Crippen LogP contribution in [0.3, 0.4) is 0 Å². The summed E-state index contributed by atoms with van der Waals surface area (Å²) < 4.78 is -0.485. The van der Waals surface area contributed by atoms with Gasteiger partial charge in [0.05, 0.1) is 0 Å². The fourth-order valence-electron chi connectivity index (χ4n) is 2.14. The second-order valence-electron chi connectivity index (χ2n) is 4.73. The van der Waals surface area contributed by atoms with Gasteiger partial charge < -0.3 is 4.84 Å². The Labute approximate surface area is 111 Å². The van der Waals surface area contributed by atoms with E-state index in [4.69, 9.17) is 28.0 Å². The quantitative estimate of drug-likeness (QED) is 0.764. The van der Waals surface area contributed by atoms with Gasteiger partial charge >= 0.3 is 0 Å². The van der Waals surface area contributed by atoms with Gasteiger partial charge in [-0.3, -0.25) is 0 Å². The molecule has 17 heavy (non-hydrogen) atoms. The van der Waals surface area contributed by atoms with Gasteiger partial charge in [-0.25, -0.2) is 0 Å². The summed E-state index contributed by atoms with van der Waals surface area (Å²) in [5, 5.41) is 3.78. The minimum Gasteiger partial charge on any atom is -0.388 e. The lowest BCUT2D eigenvalue weighted by Gasteiger charge is -2.09. The monoisotopic (exact) mass is 269 g/mol. The molecule has 1 heterocycles. The van der Waals surface area contributed by atoms with Gasteiger partial charge in [-0.15, -0.1) is 23.2 Å². The third-order valence-corrected chi connectivity index (χ3v) is 4.30. The van der Waals surface area contributed by atoms with Crippen LogP contribution in [0.25, 0.3) is 0 Å². The van der Waals surface area contributed by atoms with Crippen LogP contribution in [0.1, 0.15) is 30.1 Å².